The van der Waals surface area contributed by atoms with Crippen molar-refractivity contribution < 1.29 is 8.42 Å². The molecule has 1 atom stereocenters. The third-order valence-corrected chi connectivity index (χ3v) is 5.29. The van der Waals surface area contributed by atoms with Crippen molar-refractivity contribution in [3.05, 3.63) is 29.8 Å². The van der Waals surface area contributed by atoms with Crippen molar-refractivity contribution >= 4 is 15.5 Å². The predicted molar refractivity (Wildman–Crippen MR) is 79.5 cm³/mol. The molecule has 0 spiro atoms. The van der Waals surface area contributed by atoms with E-state index in [0.717, 1.165) is 13.0 Å². The van der Waals surface area contributed by atoms with E-state index in [-0.39, 0.29) is 17.5 Å². The van der Waals surface area contributed by atoms with Crippen LogP contribution >= 0.6 is 0 Å². The van der Waals surface area contributed by atoms with Crippen molar-refractivity contribution in [2.45, 2.75) is 19.4 Å². The molecule has 0 amide bonds. The highest BCUT2D eigenvalue weighted by Gasteiger charge is 2.24. The first-order valence-electron chi connectivity index (χ1n) is 6.68. The molecule has 1 aromatic rings. The quantitative estimate of drug-likeness (QED) is 0.902. The second-order valence-electron chi connectivity index (χ2n) is 5.31. The molecule has 1 fully saturated rings. The molecule has 1 heterocycles. The summed E-state index contributed by atoms with van der Waals surface area (Å²) >= 11 is 0. The molecule has 0 radical (unpaired) electrons. The van der Waals surface area contributed by atoms with Crippen molar-refractivity contribution in [1.29, 1.82) is 0 Å². The van der Waals surface area contributed by atoms with Crippen LogP contribution in [0.2, 0.25) is 0 Å². The van der Waals surface area contributed by atoms with E-state index in [1.54, 1.807) is 0 Å². The molecule has 5 heteroatoms. The summed E-state index contributed by atoms with van der Waals surface area (Å²) in [6, 6.07) is 8.44. The Morgan fingerprint density at radius 1 is 1.42 bits per heavy atom. The maximum absolute atomic E-state index is 11.6. The van der Waals surface area contributed by atoms with E-state index in [9.17, 15) is 8.42 Å². The van der Waals surface area contributed by atoms with E-state index in [1.165, 1.54) is 11.3 Å². The fourth-order valence-corrected chi connectivity index (χ4v) is 3.89. The van der Waals surface area contributed by atoms with Crippen molar-refractivity contribution in [2.24, 2.45) is 0 Å². The fourth-order valence-electron chi connectivity index (χ4n) is 2.40. The first kappa shape index (κ1) is 14.3. The maximum atomic E-state index is 11.6. The van der Waals surface area contributed by atoms with Gasteiger partial charge in [-0.05, 0) is 31.0 Å². The first-order valence-corrected chi connectivity index (χ1v) is 8.50. The van der Waals surface area contributed by atoms with Gasteiger partial charge in [0.15, 0.2) is 9.84 Å². The number of nitrogens with one attached hydrogen (secondary N) is 1. The number of hydrogen-bond donors (Lipinski definition) is 1. The highest BCUT2D eigenvalue weighted by molar-refractivity contribution is 7.91. The van der Waals surface area contributed by atoms with Crippen LogP contribution in [0.1, 0.15) is 12.0 Å². The Labute approximate surface area is 115 Å². The summed E-state index contributed by atoms with van der Waals surface area (Å²) in [6.07, 6.45) is 0.851. The molecular weight excluding hydrogens is 260 g/mol. The second kappa shape index (κ2) is 5.92. The molecule has 1 unspecified atom stereocenters. The molecule has 1 aromatic carbocycles. The molecule has 19 heavy (non-hydrogen) atoms. The largest absolute Gasteiger partial charge is 0.375 e. The van der Waals surface area contributed by atoms with Gasteiger partial charge < -0.3 is 10.2 Å². The molecule has 1 N–H and O–H groups in total. The van der Waals surface area contributed by atoms with E-state index in [4.69, 9.17) is 0 Å². The molecule has 0 bridgehead atoms. The lowest BCUT2D eigenvalue weighted by Crippen LogP contribution is -2.46. The topological polar surface area (TPSA) is 49.4 Å². The monoisotopic (exact) mass is 282 g/mol. The highest BCUT2D eigenvalue weighted by atomic mass is 32.2. The zero-order valence-electron chi connectivity index (χ0n) is 11.6. The normalized spacial score (nSPS) is 22.1. The van der Waals surface area contributed by atoms with Gasteiger partial charge in [-0.1, -0.05) is 12.1 Å². The van der Waals surface area contributed by atoms with Gasteiger partial charge in [-0.2, -0.15) is 0 Å². The predicted octanol–water partition coefficient (Wildman–Crippen LogP) is 1.21. The maximum Gasteiger partial charge on any atom is 0.153 e. The van der Waals surface area contributed by atoms with Crippen LogP contribution in [0.4, 0.5) is 5.69 Å². The zero-order valence-corrected chi connectivity index (χ0v) is 12.4. The van der Waals surface area contributed by atoms with Crippen molar-refractivity contribution in [1.82, 2.24) is 5.32 Å². The van der Waals surface area contributed by atoms with Gasteiger partial charge in [-0.15, -0.1) is 0 Å². The van der Waals surface area contributed by atoms with Crippen molar-refractivity contribution in [2.75, 3.05) is 36.5 Å². The highest BCUT2D eigenvalue weighted by Crippen LogP contribution is 2.15. The molecule has 106 valence electrons. The van der Waals surface area contributed by atoms with Crippen LogP contribution in [0.3, 0.4) is 0 Å². The van der Waals surface area contributed by atoms with Gasteiger partial charge in [-0.25, -0.2) is 8.42 Å². The van der Waals surface area contributed by atoms with Gasteiger partial charge in [-0.3, -0.25) is 0 Å². The molecule has 1 aliphatic rings. The lowest BCUT2D eigenvalue weighted by atomic mass is 10.2. The Morgan fingerprint density at radius 3 is 2.89 bits per heavy atom. The lowest BCUT2D eigenvalue weighted by molar-refractivity contribution is 0.496. The number of anilines is 1. The number of nitrogens with zero attached hydrogens (tertiary/aromatic N) is 1. The number of rotatable bonds is 4. The minimum absolute atomic E-state index is 0.0889. The Kier molecular flexibility index (Phi) is 4.47. The number of aryl methyl sites for hydroxylation is 1. The molecule has 0 aliphatic carbocycles. The van der Waals surface area contributed by atoms with Crippen LogP contribution in [0.5, 0.6) is 0 Å². The summed E-state index contributed by atoms with van der Waals surface area (Å²) in [7, 11) is -0.784. The van der Waals surface area contributed by atoms with Gasteiger partial charge >= 0.3 is 0 Å². The van der Waals surface area contributed by atoms with E-state index in [0.29, 0.717) is 6.54 Å². The zero-order chi connectivity index (χ0) is 13.9. The minimum atomic E-state index is -2.83. The van der Waals surface area contributed by atoms with E-state index in [2.05, 4.69) is 35.3 Å². The third-order valence-electron chi connectivity index (χ3n) is 3.56. The van der Waals surface area contributed by atoms with E-state index < -0.39 is 9.84 Å². The Bertz CT molecular complexity index is 528. The Morgan fingerprint density at radius 2 is 2.21 bits per heavy atom. The fraction of sp³-hybridized carbons (Fsp3) is 0.571. The van der Waals surface area contributed by atoms with Gasteiger partial charge in [0.05, 0.1) is 11.5 Å². The van der Waals surface area contributed by atoms with Gasteiger partial charge in [0.1, 0.15) is 0 Å². The third kappa shape index (κ3) is 4.21. The Balaban J connectivity index is 1.88. The summed E-state index contributed by atoms with van der Waals surface area (Å²) in [5.74, 6) is 0.547. The molecule has 1 aliphatic heterocycles. The van der Waals surface area contributed by atoms with Crippen LogP contribution in [-0.4, -0.2) is 46.1 Å². The molecule has 0 saturated carbocycles. The average molecular weight is 282 g/mol. The van der Waals surface area contributed by atoms with Crippen LogP contribution in [-0.2, 0) is 9.84 Å². The average Bonchev–Trinajstić information content (AvgIpc) is 2.35. The Hall–Kier alpha value is -1.07. The van der Waals surface area contributed by atoms with Crippen LogP contribution < -0.4 is 10.2 Å². The lowest BCUT2D eigenvalue weighted by Gasteiger charge is -2.27. The van der Waals surface area contributed by atoms with E-state index >= 15 is 0 Å². The minimum Gasteiger partial charge on any atom is -0.375 e. The summed E-state index contributed by atoms with van der Waals surface area (Å²) in [4.78, 5) is 2.18. The summed E-state index contributed by atoms with van der Waals surface area (Å²) in [6.45, 7) is 3.52. The van der Waals surface area contributed by atoms with E-state index in [1.807, 2.05) is 13.1 Å². The summed E-state index contributed by atoms with van der Waals surface area (Å²) in [5.41, 5.74) is 2.42. The SMILES string of the molecule is Cc1cccc(N(C)CCC2CS(=O)(=O)CCN2)c1. The molecule has 4 nitrogen and oxygen atoms in total. The van der Waals surface area contributed by atoms with Crippen LogP contribution in [0, 0.1) is 6.92 Å². The number of benzene rings is 1. The van der Waals surface area contributed by atoms with Crippen molar-refractivity contribution in [3.63, 3.8) is 0 Å². The van der Waals surface area contributed by atoms with Crippen LogP contribution in [0.15, 0.2) is 24.3 Å². The van der Waals surface area contributed by atoms with Gasteiger partial charge in [0.25, 0.3) is 0 Å². The molecule has 2 rings (SSSR count). The molecule has 0 aromatic heterocycles. The second-order valence-corrected chi connectivity index (χ2v) is 7.54. The van der Waals surface area contributed by atoms with Gasteiger partial charge in [0.2, 0.25) is 0 Å². The smallest absolute Gasteiger partial charge is 0.153 e. The summed E-state index contributed by atoms with van der Waals surface area (Å²) < 4.78 is 23.1. The molecule has 1 saturated heterocycles. The van der Waals surface area contributed by atoms with Crippen molar-refractivity contribution in [3.8, 4) is 0 Å². The van der Waals surface area contributed by atoms with Gasteiger partial charge in [0, 0.05) is 31.9 Å². The number of sulfone groups is 1. The summed E-state index contributed by atoms with van der Waals surface area (Å²) in [5, 5.41) is 3.29. The first-order chi connectivity index (χ1) is 8.96. The number of hydrogen-bond acceptors (Lipinski definition) is 4. The standard InChI is InChI=1S/C14H22N2O2S/c1-12-4-3-5-14(10-12)16(2)8-6-13-11-19(17,18)9-7-15-13/h3-5,10,13,15H,6-9,11H2,1-2H3. The molecular formula is C14H22N2O2S. The van der Waals surface area contributed by atoms with Crippen LogP contribution in [0.25, 0.3) is 0 Å².